The fourth-order valence-electron chi connectivity index (χ4n) is 1.56. The van der Waals surface area contributed by atoms with Gasteiger partial charge in [0.2, 0.25) is 10.0 Å². The molecule has 8 heteroatoms. The summed E-state index contributed by atoms with van der Waals surface area (Å²) in [6, 6.07) is 1.56. The molecule has 0 aliphatic carbocycles. The van der Waals surface area contributed by atoms with E-state index in [-0.39, 0.29) is 17.1 Å². The average Bonchev–Trinajstić information content (AvgIpc) is 2.67. The molecule has 0 aromatic carbocycles. The summed E-state index contributed by atoms with van der Waals surface area (Å²) in [5.41, 5.74) is 5.29. The Morgan fingerprint density at radius 1 is 1.42 bits per heavy atom. The molecule has 0 saturated carbocycles. The first-order valence-corrected chi connectivity index (χ1v) is 7.41. The van der Waals surface area contributed by atoms with Crippen LogP contribution in [-0.2, 0) is 17.1 Å². The maximum atomic E-state index is 12.0. The summed E-state index contributed by atoms with van der Waals surface area (Å²) in [7, 11) is -2.04. The van der Waals surface area contributed by atoms with Crippen molar-refractivity contribution in [3.05, 3.63) is 18.0 Å². The highest BCUT2D eigenvalue weighted by Gasteiger charge is 2.18. The molecule has 0 aliphatic heterocycles. The van der Waals surface area contributed by atoms with Crippen LogP contribution in [0.5, 0.6) is 0 Å². The van der Waals surface area contributed by atoms with Crippen LogP contribution in [0.2, 0.25) is 0 Å². The second kappa shape index (κ2) is 6.18. The number of aromatic nitrogens is 1. The molecule has 0 unspecified atom stereocenters. The van der Waals surface area contributed by atoms with Crippen molar-refractivity contribution in [1.29, 1.82) is 0 Å². The standard InChI is InChI=1S/C11H20N4O3S/c1-8(2)13-4-5-14-19(17,18)9-6-10(11(12)16)15(3)7-9/h6-8,13-14H,4-5H2,1-3H3,(H2,12,16). The zero-order valence-corrected chi connectivity index (χ0v) is 12.1. The molecule has 1 heterocycles. The molecule has 1 aromatic rings. The number of amides is 1. The first kappa shape index (κ1) is 15.7. The number of carbonyl (C=O) groups is 1. The molecular weight excluding hydrogens is 268 g/mol. The van der Waals surface area contributed by atoms with Gasteiger partial charge in [-0.1, -0.05) is 13.8 Å². The molecule has 0 bridgehead atoms. The van der Waals surface area contributed by atoms with Crippen LogP contribution < -0.4 is 15.8 Å². The average molecular weight is 288 g/mol. The van der Waals surface area contributed by atoms with Crippen LogP contribution in [0, 0.1) is 0 Å². The summed E-state index contributed by atoms with van der Waals surface area (Å²) in [5, 5.41) is 3.10. The van der Waals surface area contributed by atoms with E-state index in [9.17, 15) is 13.2 Å². The third-order valence-electron chi connectivity index (χ3n) is 2.51. The lowest BCUT2D eigenvalue weighted by Gasteiger charge is -2.08. The summed E-state index contributed by atoms with van der Waals surface area (Å²) >= 11 is 0. The number of aryl methyl sites for hydroxylation is 1. The number of nitrogens with one attached hydrogen (secondary N) is 2. The lowest BCUT2D eigenvalue weighted by atomic mass is 10.4. The Balaban J connectivity index is 2.72. The molecule has 0 spiro atoms. The molecule has 0 fully saturated rings. The molecule has 0 aliphatic rings. The smallest absolute Gasteiger partial charge is 0.265 e. The van der Waals surface area contributed by atoms with Crippen molar-refractivity contribution in [3.8, 4) is 0 Å². The number of nitrogens with zero attached hydrogens (tertiary/aromatic N) is 1. The summed E-state index contributed by atoms with van der Waals surface area (Å²) < 4.78 is 27.8. The van der Waals surface area contributed by atoms with Gasteiger partial charge in [0.1, 0.15) is 10.6 Å². The lowest BCUT2D eigenvalue weighted by molar-refractivity contribution is 0.0992. The third-order valence-corrected chi connectivity index (χ3v) is 3.94. The maximum Gasteiger partial charge on any atom is 0.265 e. The van der Waals surface area contributed by atoms with Gasteiger partial charge in [0.25, 0.3) is 5.91 Å². The number of rotatable bonds is 7. The number of primary amides is 1. The summed E-state index contributed by atoms with van der Waals surface area (Å²) in [5.74, 6) is -0.662. The number of sulfonamides is 1. The van der Waals surface area contributed by atoms with E-state index in [0.717, 1.165) is 0 Å². The molecule has 0 atom stereocenters. The number of nitrogens with two attached hydrogens (primary N) is 1. The Kier molecular flexibility index (Phi) is 5.10. The van der Waals surface area contributed by atoms with Crippen molar-refractivity contribution in [3.63, 3.8) is 0 Å². The molecule has 7 nitrogen and oxygen atoms in total. The lowest BCUT2D eigenvalue weighted by Crippen LogP contribution is -2.34. The number of hydrogen-bond acceptors (Lipinski definition) is 4. The first-order chi connectivity index (χ1) is 8.74. The fraction of sp³-hybridized carbons (Fsp3) is 0.545. The van der Waals surface area contributed by atoms with Gasteiger partial charge in [-0.25, -0.2) is 13.1 Å². The minimum atomic E-state index is -3.61. The number of carbonyl (C=O) groups excluding carboxylic acids is 1. The summed E-state index contributed by atoms with van der Waals surface area (Å²) in [6.07, 6.45) is 1.36. The van der Waals surface area contributed by atoms with Gasteiger partial charge in [0.05, 0.1) is 0 Å². The van der Waals surface area contributed by atoms with Crippen LogP contribution in [-0.4, -0.2) is 38.0 Å². The zero-order chi connectivity index (χ0) is 14.6. The van der Waals surface area contributed by atoms with Crippen molar-refractivity contribution in [2.45, 2.75) is 24.8 Å². The van der Waals surface area contributed by atoms with Gasteiger partial charge in [-0.3, -0.25) is 4.79 Å². The molecule has 1 amide bonds. The van der Waals surface area contributed by atoms with Gasteiger partial charge in [-0.15, -0.1) is 0 Å². The van der Waals surface area contributed by atoms with Crippen LogP contribution in [0.3, 0.4) is 0 Å². The van der Waals surface area contributed by atoms with E-state index in [2.05, 4.69) is 10.0 Å². The van der Waals surface area contributed by atoms with Crippen molar-refractivity contribution >= 4 is 15.9 Å². The van der Waals surface area contributed by atoms with Gasteiger partial charge in [0.15, 0.2) is 0 Å². The maximum absolute atomic E-state index is 12.0. The van der Waals surface area contributed by atoms with E-state index >= 15 is 0 Å². The molecule has 4 N–H and O–H groups in total. The topological polar surface area (TPSA) is 106 Å². The van der Waals surface area contributed by atoms with Crippen molar-refractivity contribution in [1.82, 2.24) is 14.6 Å². The van der Waals surface area contributed by atoms with Gasteiger partial charge in [-0.05, 0) is 6.07 Å². The van der Waals surface area contributed by atoms with E-state index in [1.807, 2.05) is 13.8 Å². The molecule has 0 radical (unpaired) electrons. The molecule has 1 rings (SSSR count). The Morgan fingerprint density at radius 2 is 2.05 bits per heavy atom. The Bertz CT molecular complexity index is 548. The predicted molar refractivity (Wildman–Crippen MR) is 72.3 cm³/mol. The van der Waals surface area contributed by atoms with E-state index < -0.39 is 15.9 Å². The summed E-state index contributed by atoms with van der Waals surface area (Å²) in [6.45, 7) is 4.77. The van der Waals surface area contributed by atoms with Crippen molar-refractivity contribution in [2.24, 2.45) is 12.8 Å². The fourth-order valence-corrected chi connectivity index (χ4v) is 2.66. The minimum absolute atomic E-state index is 0.0355. The third kappa shape index (κ3) is 4.34. The molecule has 108 valence electrons. The van der Waals surface area contributed by atoms with E-state index in [4.69, 9.17) is 5.73 Å². The van der Waals surface area contributed by atoms with Gasteiger partial charge in [-0.2, -0.15) is 0 Å². The zero-order valence-electron chi connectivity index (χ0n) is 11.3. The highest BCUT2D eigenvalue weighted by molar-refractivity contribution is 7.89. The molecule has 19 heavy (non-hydrogen) atoms. The minimum Gasteiger partial charge on any atom is -0.364 e. The highest BCUT2D eigenvalue weighted by Crippen LogP contribution is 2.12. The van der Waals surface area contributed by atoms with Gasteiger partial charge >= 0.3 is 0 Å². The Hall–Kier alpha value is -1.38. The first-order valence-electron chi connectivity index (χ1n) is 5.93. The molecular formula is C11H20N4O3S. The second-order valence-corrected chi connectivity index (χ2v) is 6.31. The van der Waals surface area contributed by atoms with E-state index in [1.165, 1.54) is 16.8 Å². The van der Waals surface area contributed by atoms with E-state index in [1.54, 1.807) is 7.05 Å². The van der Waals surface area contributed by atoms with Crippen LogP contribution in [0.25, 0.3) is 0 Å². The van der Waals surface area contributed by atoms with Crippen LogP contribution in [0.4, 0.5) is 0 Å². The van der Waals surface area contributed by atoms with Crippen LogP contribution in [0.15, 0.2) is 17.2 Å². The Morgan fingerprint density at radius 3 is 2.53 bits per heavy atom. The second-order valence-electron chi connectivity index (χ2n) is 4.54. The van der Waals surface area contributed by atoms with Crippen molar-refractivity contribution in [2.75, 3.05) is 13.1 Å². The molecule has 1 aromatic heterocycles. The highest BCUT2D eigenvalue weighted by atomic mass is 32.2. The molecule has 0 saturated heterocycles. The van der Waals surface area contributed by atoms with E-state index in [0.29, 0.717) is 12.6 Å². The van der Waals surface area contributed by atoms with Crippen molar-refractivity contribution < 1.29 is 13.2 Å². The van der Waals surface area contributed by atoms with Crippen LogP contribution in [0.1, 0.15) is 24.3 Å². The monoisotopic (exact) mass is 288 g/mol. The Labute approximate surface area is 113 Å². The number of hydrogen-bond donors (Lipinski definition) is 3. The quantitative estimate of drug-likeness (QED) is 0.582. The van der Waals surface area contributed by atoms with Gasteiger partial charge in [0, 0.05) is 32.4 Å². The largest absolute Gasteiger partial charge is 0.364 e. The summed E-state index contributed by atoms with van der Waals surface area (Å²) in [4.78, 5) is 11.1. The van der Waals surface area contributed by atoms with Gasteiger partial charge < -0.3 is 15.6 Å². The SMILES string of the molecule is CC(C)NCCNS(=O)(=O)c1cc(C(N)=O)n(C)c1. The van der Waals surface area contributed by atoms with Crippen LogP contribution >= 0.6 is 0 Å². The predicted octanol–water partition coefficient (Wildman–Crippen LogP) is -0.600. The normalized spacial score (nSPS) is 12.0.